The SMILES string of the molecule is O=C(C[C@@H]1CCC[C@H](C2CC2)O1)ON1C(=O)c2ccccc2C1=O. The van der Waals surface area contributed by atoms with Crippen molar-refractivity contribution < 1.29 is 24.0 Å². The number of carbonyl (C=O) groups excluding carboxylic acids is 3. The molecular formula is C18H19NO5. The Balaban J connectivity index is 1.36. The lowest BCUT2D eigenvalue weighted by molar-refractivity contribution is -0.174. The van der Waals surface area contributed by atoms with Crippen LogP contribution in [0.2, 0.25) is 0 Å². The highest BCUT2D eigenvalue weighted by Crippen LogP contribution is 2.39. The van der Waals surface area contributed by atoms with Crippen molar-refractivity contribution in [1.29, 1.82) is 0 Å². The van der Waals surface area contributed by atoms with E-state index >= 15 is 0 Å². The number of fused-ring (bicyclic) bond motifs is 1. The maximum absolute atomic E-state index is 12.2. The fourth-order valence-electron chi connectivity index (χ4n) is 3.47. The third-order valence-corrected chi connectivity index (χ3v) is 4.87. The van der Waals surface area contributed by atoms with E-state index < -0.39 is 17.8 Å². The molecule has 0 spiro atoms. The molecule has 1 saturated heterocycles. The third-order valence-electron chi connectivity index (χ3n) is 4.87. The Hall–Kier alpha value is -2.21. The number of hydroxylamine groups is 2. The Morgan fingerprint density at radius 2 is 1.75 bits per heavy atom. The van der Waals surface area contributed by atoms with E-state index in [4.69, 9.17) is 9.57 Å². The van der Waals surface area contributed by atoms with Gasteiger partial charge in [0.15, 0.2) is 0 Å². The van der Waals surface area contributed by atoms with Crippen LogP contribution in [0.4, 0.5) is 0 Å². The number of benzene rings is 1. The molecule has 0 aromatic heterocycles. The molecule has 1 aromatic carbocycles. The summed E-state index contributed by atoms with van der Waals surface area (Å²) in [6.45, 7) is 0. The average Bonchev–Trinajstić information content (AvgIpc) is 3.41. The largest absolute Gasteiger partial charge is 0.374 e. The minimum Gasteiger partial charge on any atom is -0.374 e. The second-order valence-electron chi connectivity index (χ2n) is 6.68. The van der Waals surface area contributed by atoms with Gasteiger partial charge in [-0.1, -0.05) is 17.2 Å². The Morgan fingerprint density at radius 1 is 1.08 bits per heavy atom. The highest BCUT2D eigenvalue weighted by molar-refractivity contribution is 6.20. The summed E-state index contributed by atoms with van der Waals surface area (Å²) in [4.78, 5) is 41.6. The van der Waals surface area contributed by atoms with Gasteiger partial charge in [-0.2, -0.15) is 0 Å². The maximum Gasteiger partial charge on any atom is 0.335 e. The van der Waals surface area contributed by atoms with Crippen molar-refractivity contribution in [3.63, 3.8) is 0 Å². The van der Waals surface area contributed by atoms with Gasteiger partial charge >= 0.3 is 5.97 Å². The normalized spacial score (nSPS) is 26.4. The van der Waals surface area contributed by atoms with E-state index in [1.54, 1.807) is 24.3 Å². The monoisotopic (exact) mass is 329 g/mol. The predicted octanol–water partition coefficient (Wildman–Crippen LogP) is 2.48. The van der Waals surface area contributed by atoms with Gasteiger partial charge in [0.05, 0.1) is 29.8 Å². The van der Waals surface area contributed by atoms with Gasteiger partial charge in [0, 0.05) is 0 Å². The molecule has 4 rings (SSSR count). The van der Waals surface area contributed by atoms with Crippen LogP contribution >= 0.6 is 0 Å². The summed E-state index contributed by atoms with van der Waals surface area (Å²) in [7, 11) is 0. The van der Waals surface area contributed by atoms with Gasteiger partial charge < -0.3 is 9.57 Å². The summed E-state index contributed by atoms with van der Waals surface area (Å²) >= 11 is 0. The van der Waals surface area contributed by atoms with Crippen molar-refractivity contribution in [2.45, 2.75) is 50.7 Å². The molecule has 0 N–H and O–H groups in total. The second kappa shape index (κ2) is 6.02. The quantitative estimate of drug-likeness (QED) is 0.794. The van der Waals surface area contributed by atoms with Crippen LogP contribution in [-0.2, 0) is 14.4 Å². The van der Waals surface area contributed by atoms with Crippen molar-refractivity contribution in [1.82, 2.24) is 5.06 Å². The standard InChI is InChI=1S/C18H19NO5/c20-16(10-12-4-3-7-15(23-12)11-8-9-11)24-19-17(21)13-5-1-2-6-14(13)18(19)22/h1-2,5-6,11-12,15H,3-4,7-10H2/t12-,15+/m0/s1. The lowest BCUT2D eigenvalue weighted by Crippen LogP contribution is -2.36. The summed E-state index contributed by atoms with van der Waals surface area (Å²) in [5.74, 6) is -1.15. The van der Waals surface area contributed by atoms with Crippen LogP contribution in [0.3, 0.4) is 0 Å². The zero-order valence-electron chi connectivity index (χ0n) is 13.3. The molecule has 126 valence electrons. The van der Waals surface area contributed by atoms with E-state index in [1.165, 1.54) is 12.8 Å². The topological polar surface area (TPSA) is 72.9 Å². The Morgan fingerprint density at radius 3 is 2.38 bits per heavy atom. The third kappa shape index (κ3) is 2.82. The molecule has 2 fully saturated rings. The second-order valence-corrected chi connectivity index (χ2v) is 6.68. The zero-order valence-corrected chi connectivity index (χ0v) is 13.3. The molecule has 1 aliphatic carbocycles. The van der Waals surface area contributed by atoms with E-state index in [0.29, 0.717) is 11.0 Å². The van der Waals surface area contributed by atoms with Gasteiger partial charge in [-0.05, 0) is 50.2 Å². The Bertz CT molecular complexity index is 661. The minimum absolute atomic E-state index is 0.0661. The molecule has 0 unspecified atom stereocenters. The molecule has 2 amide bonds. The van der Waals surface area contributed by atoms with Crippen LogP contribution < -0.4 is 0 Å². The molecule has 6 heteroatoms. The molecule has 6 nitrogen and oxygen atoms in total. The first-order chi connectivity index (χ1) is 11.6. The molecule has 24 heavy (non-hydrogen) atoms. The Kier molecular flexibility index (Phi) is 3.84. The van der Waals surface area contributed by atoms with Gasteiger partial charge in [-0.15, -0.1) is 0 Å². The number of imide groups is 1. The highest BCUT2D eigenvalue weighted by atomic mass is 16.7. The molecule has 1 aromatic rings. The number of amides is 2. The van der Waals surface area contributed by atoms with Crippen LogP contribution in [0.15, 0.2) is 24.3 Å². The fraction of sp³-hybridized carbons (Fsp3) is 0.500. The van der Waals surface area contributed by atoms with Crippen molar-refractivity contribution in [2.24, 2.45) is 5.92 Å². The van der Waals surface area contributed by atoms with Gasteiger partial charge in [-0.25, -0.2) is 4.79 Å². The summed E-state index contributed by atoms with van der Waals surface area (Å²) < 4.78 is 5.97. The first kappa shape index (κ1) is 15.3. The first-order valence-corrected chi connectivity index (χ1v) is 8.47. The van der Waals surface area contributed by atoms with Crippen molar-refractivity contribution in [2.75, 3.05) is 0 Å². The number of ether oxygens (including phenoxy) is 1. The number of hydrogen-bond acceptors (Lipinski definition) is 5. The molecule has 0 bridgehead atoms. The summed E-state index contributed by atoms with van der Waals surface area (Å²) in [5, 5.41) is 0.564. The molecule has 1 saturated carbocycles. The fourth-order valence-corrected chi connectivity index (χ4v) is 3.47. The first-order valence-electron chi connectivity index (χ1n) is 8.47. The van der Waals surface area contributed by atoms with E-state index in [9.17, 15) is 14.4 Å². The van der Waals surface area contributed by atoms with Crippen LogP contribution in [-0.4, -0.2) is 35.1 Å². The highest BCUT2D eigenvalue weighted by Gasteiger charge is 2.40. The summed E-state index contributed by atoms with van der Waals surface area (Å²) in [6, 6.07) is 6.44. The van der Waals surface area contributed by atoms with Gasteiger partial charge in [0.1, 0.15) is 0 Å². The summed E-state index contributed by atoms with van der Waals surface area (Å²) in [6.07, 6.45) is 5.42. The van der Waals surface area contributed by atoms with Crippen molar-refractivity contribution in [3.05, 3.63) is 35.4 Å². The Labute approximate surface area is 139 Å². The van der Waals surface area contributed by atoms with Crippen LogP contribution in [0, 0.1) is 5.92 Å². The van der Waals surface area contributed by atoms with E-state index in [-0.39, 0.29) is 29.8 Å². The smallest absolute Gasteiger partial charge is 0.335 e. The summed E-state index contributed by atoms with van der Waals surface area (Å²) in [5.41, 5.74) is 0.524. The number of carbonyl (C=O) groups is 3. The van der Waals surface area contributed by atoms with Crippen LogP contribution in [0.5, 0.6) is 0 Å². The van der Waals surface area contributed by atoms with E-state index in [0.717, 1.165) is 19.3 Å². The predicted molar refractivity (Wildman–Crippen MR) is 82.9 cm³/mol. The van der Waals surface area contributed by atoms with Gasteiger partial charge in [0.25, 0.3) is 11.8 Å². The van der Waals surface area contributed by atoms with Crippen LogP contribution in [0.1, 0.15) is 59.2 Å². The molecule has 2 heterocycles. The molecule has 2 aliphatic heterocycles. The van der Waals surface area contributed by atoms with Crippen molar-refractivity contribution in [3.8, 4) is 0 Å². The average molecular weight is 329 g/mol. The lowest BCUT2D eigenvalue weighted by Gasteiger charge is -2.29. The van der Waals surface area contributed by atoms with Gasteiger partial charge in [-0.3, -0.25) is 9.59 Å². The maximum atomic E-state index is 12.2. The minimum atomic E-state index is -0.606. The molecular weight excluding hydrogens is 310 g/mol. The van der Waals surface area contributed by atoms with Gasteiger partial charge in [0.2, 0.25) is 0 Å². The molecule has 0 radical (unpaired) electrons. The molecule has 3 aliphatic rings. The number of rotatable bonds is 4. The number of hydrogen-bond donors (Lipinski definition) is 0. The van der Waals surface area contributed by atoms with E-state index in [1.807, 2.05) is 0 Å². The lowest BCUT2D eigenvalue weighted by atomic mass is 9.99. The van der Waals surface area contributed by atoms with Crippen LogP contribution in [0.25, 0.3) is 0 Å². The van der Waals surface area contributed by atoms with E-state index in [2.05, 4.69) is 0 Å². The van der Waals surface area contributed by atoms with Crippen molar-refractivity contribution >= 4 is 17.8 Å². The number of nitrogens with zero attached hydrogens (tertiary/aromatic N) is 1. The molecule has 2 atom stereocenters. The zero-order chi connectivity index (χ0) is 16.7.